The van der Waals surface area contributed by atoms with E-state index in [1.54, 1.807) is 18.3 Å². The van der Waals surface area contributed by atoms with Gasteiger partial charge in [-0.25, -0.2) is 14.4 Å². The highest BCUT2D eigenvalue weighted by molar-refractivity contribution is 7.15. The van der Waals surface area contributed by atoms with Gasteiger partial charge in [0.25, 0.3) is 0 Å². The first-order valence-electron chi connectivity index (χ1n) is 12.6. The Morgan fingerprint density at radius 2 is 2.00 bits per heavy atom. The number of aromatic hydroxyl groups is 1. The number of halogens is 1. The van der Waals surface area contributed by atoms with Gasteiger partial charge in [0.15, 0.2) is 0 Å². The highest BCUT2D eigenvalue weighted by Gasteiger charge is 2.56. The molecule has 0 saturated heterocycles. The van der Waals surface area contributed by atoms with Gasteiger partial charge in [0.1, 0.15) is 33.6 Å². The number of fused-ring (bicyclic) bond motifs is 2. The van der Waals surface area contributed by atoms with E-state index in [9.17, 15) is 5.11 Å². The van der Waals surface area contributed by atoms with E-state index in [0.29, 0.717) is 27.1 Å². The number of phenolic OH excluding ortho intramolecular Hbond substituents is 1. The molecule has 3 aromatic rings. The SMILES string of the molecule is C[C@@]12CCC[C@@](C)(C1)[C@@H](F)[C@@H](N(c1ncc(-c3ccc(-c4ncc(C#N)s4)cc3O)nn1)C1CC1)C2. The molecule has 186 valence electrons. The van der Waals surface area contributed by atoms with Gasteiger partial charge in [-0.15, -0.1) is 21.5 Å². The molecule has 2 aromatic heterocycles. The largest absolute Gasteiger partial charge is 0.507 e. The number of benzene rings is 1. The van der Waals surface area contributed by atoms with Crippen LogP contribution in [0.25, 0.3) is 21.8 Å². The van der Waals surface area contributed by atoms with E-state index in [4.69, 9.17) is 5.26 Å². The molecule has 4 atom stereocenters. The molecule has 3 aliphatic rings. The average Bonchev–Trinajstić information content (AvgIpc) is 3.57. The van der Waals surface area contributed by atoms with Crippen molar-refractivity contribution in [2.75, 3.05) is 4.90 Å². The molecule has 0 amide bonds. The minimum absolute atomic E-state index is 0.0360. The van der Waals surface area contributed by atoms with Crippen molar-refractivity contribution in [2.45, 2.75) is 77.0 Å². The third-order valence-electron chi connectivity index (χ3n) is 8.28. The number of hydrogen-bond donors (Lipinski definition) is 1. The van der Waals surface area contributed by atoms with Crippen LogP contribution in [0, 0.1) is 22.2 Å². The fourth-order valence-electron chi connectivity index (χ4n) is 6.58. The van der Waals surface area contributed by atoms with Crippen LogP contribution in [-0.2, 0) is 0 Å². The van der Waals surface area contributed by atoms with Gasteiger partial charge in [-0.05, 0) is 56.1 Å². The van der Waals surface area contributed by atoms with Crippen LogP contribution in [0.3, 0.4) is 0 Å². The van der Waals surface area contributed by atoms with Crippen molar-refractivity contribution in [3.05, 3.63) is 35.5 Å². The van der Waals surface area contributed by atoms with Crippen LogP contribution in [0.5, 0.6) is 5.75 Å². The lowest BCUT2D eigenvalue weighted by Crippen LogP contribution is -2.58. The molecule has 1 aromatic carbocycles. The first kappa shape index (κ1) is 23.3. The molecule has 7 nitrogen and oxygen atoms in total. The number of alkyl halides is 1. The second kappa shape index (κ2) is 8.48. The van der Waals surface area contributed by atoms with Crippen molar-refractivity contribution in [3.63, 3.8) is 0 Å². The maximum absolute atomic E-state index is 16.0. The molecule has 2 heterocycles. The lowest BCUT2D eigenvalue weighted by atomic mass is 9.54. The molecule has 36 heavy (non-hydrogen) atoms. The Labute approximate surface area is 214 Å². The van der Waals surface area contributed by atoms with Crippen molar-refractivity contribution in [1.82, 2.24) is 20.2 Å². The minimum Gasteiger partial charge on any atom is -0.507 e. The maximum Gasteiger partial charge on any atom is 0.245 e. The van der Waals surface area contributed by atoms with Crippen molar-refractivity contribution in [1.29, 1.82) is 5.26 Å². The summed E-state index contributed by atoms with van der Waals surface area (Å²) in [5.41, 5.74) is 1.54. The van der Waals surface area contributed by atoms with Gasteiger partial charge in [0.2, 0.25) is 5.95 Å². The Kier molecular flexibility index (Phi) is 5.48. The summed E-state index contributed by atoms with van der Waals surface area (Å²) in [6, 6.07) is 7.29. The van der Waals surface area contributed by atoms with Crippen LogP contribution in [0.1, 0.15) is 63.7 Å². The van der Waals surface area contributed by atoms with E-state index >= 15 is 4.39 Å². The summed E-state index contributed by atoms with van der Waals surface area (Å²) in [4.78, 5) is 11.5. The molecule has 3 fully saturated rings. The smallest absolute Gasteiger partial charge is 0.245 e. The number of phenols is 1. The van der Waals surface area contributed by atoms with Crippen LogP contribution >= 0.6 is 11.3 Å². The normalized spacial score (nSPS) is 29.5. The van der Waals surface area contributed by atoms with Crippen molar-refractivity contribution < 1.29 is 9.50 Å². The minimum atomic E-state index is -0.918. The zero-order valence-electron chi connectivity index (χ0n) is 20.5. The van der Waals surface area contributed by atoms with E-state index < -0.39 is 6.17 Å². The number of nitrogens with zero attached hydrogens (tertiary/aromatic N) is 6. The van der Waals surface area contributed by atoms with Gasteiger partial charge < -0.3 is 10.0 Å². The summed E-state index contributed by atoms with van der Waals surface area (Å²) in [7, 11) is 0. The number of nitriles is 1. The summed E-state index contributed by atoms with van der Waals surface area (Å²) in [5.74, 6) is 0.512. The molecule has 3 saturated carbocycles. The first-order chi connectivity index (χ1) is 17.3. The topological polar surface area (TPSA) is 98.8 Å². The maximum atomic E-state index is 16.0. The van der Waals surface area contributed by atoms with Crippen molar-refractivity contribution in [2.24, 2.45) is 10.8 Å². The van der Waals surface area contributed by atoms with E-state index in [2.05, 4.69) is 45.0 Å². The van der Waals surface area contributed by atoms with Crippen molar-refractivity contribution >= 4 is 17.3 Å². The Hall–Kier alpha value is -3.12. The lowest BCUT2D eigenvalue weighted by molar-refractivity contribution is -0.0555. The van der Waals surface area contributed by atoms with Gasteiger partial charge in [0, 0.05) is 22.6 Å². The molecular weight excluding hydrogens is 475 g/mol. The van der Waals surface area contributed by atoms with E-state index in [0.717, 1.165) is 50.5 Å². The predicted molar refractivity (Wildman–Crippen MR) is 136 cm³/mol. The third kappa shape index (κ3) is 4.01. The zero-order chi connectivity index (χ0) is 25.1. The predicted octanol–water partition coefficient (Wildman–Crippen LogP) is 5.91. The van der Waals surface area contributed by atoms with Gasteiger partial charge in [0.05, 0.1) is 18.4 Å². The Balaban J connectivity index is 1.28. The number of hydrogen-bond acceptors (Lipinski definition) is 8. The van der Waals surface area contributed by atoms with Crippen molar-refractivity contribution in [3.8, 4) is 33.6 Å². The van der Waals surface area contributed by atoms with E-state index in [-0.39, 0.29) is 28.7 Å². The monoisotopic (exact) mass is 504 g/mol. The molecule has 6 rings (SSSR count). The summed E-state index contributed by atoms with van der Waals surface area (Å²) < 4.78 is 16.0. The fourth-order valence-corrected chi connectivity index (χ4v) is 7.29. The Morgan fingerprint density at radius 1 is 1.17 bits per heavy atom. The summed E-state index contributed by atoms with van der Waals surface area (Å²) in [6.45, 7) is 4.43. The summed E-state index contributed by atoms with van der Waals surface area (Å²) in [6.07, 6.45) is 9.21. The fraction of sp³-hybridized carbons (Fsp3) is 0.519. The summed E-state index contributed by atoms with van der Waals surface area (Å²) >= 11 is 1.27. The van der Waals surface area contributed by atoms with Gasteiger partial charge in [-0.2, -0.15) is 5.26 Å². The number of anilines is 1. The third-order valence-corrected chi connectivity index (χ3v) is 9.23. The molecule has 0 unspecified atom stereocenters. The van der Waals surface area contributed by atoms with Crippen LogP contribution in [-0.4, -0.2) is 43.5 Å². The van der Waals surface area contributed by atoms with E-state index in [1.165, 1.54) is 17.5 Å². The van der Waals surface area contributed by atoms with Crippen LogP contribution in [0.15, 0.2) is 30.6 Å². The van der Waals surface area contributed by atoms with Crippen LogP contribution < -0.4 is 4.90 Å². The molecule has 1 N–H and O–H groups in total. The average molecular weight is 505 g/mol. The van der Waals surface area contributed by atoms with Gasteiger partial charge >= 0.3 is 0 Å². The van der Waals surface area contributed by atoms with Gasteiger partial charge in [-0.3, -0.25) is 0 Å². The van der Waals surface area contributed by atoms with Crippen LogP contribution in [0.4, 0.5) is 10.3 Å². The second-order valence-corrected chi connectivity index (χ2v) is 12.4. The van der Waals surface area contributed by atoms with Crippen LogP contribution in [0.2, 0.25) is 0 Å². The number of thiazole rings is 1. The standard InChI is InChI=1S/C27H29FN6OS/c1-26-8-3-9-27(2,15-26)23(28)21(11-26)34(17-5-6-17)25-31-14-20(32-33-25)19-7-4-16(10-22(19)35)24-30-13-18(12-29)36-24/h4,7,10,13-14,17,21,23,35H,3,5-6,8-9,11,15H2,1-2H3/t21-,23-,26-,27-/m0/s1. The molecule has 0 spiro atoms. The molecule has 9 heteroatoms. The molecular formula is C27H29FN6OS. The highest BCUT2D eigenvalue weighted by atomic mass is 32.1. The first-order valence-corrected chi connectivity index (χ1v) is 13.4. The molecule has 0 aliphatic heterocycles. The molecule has 0 radical (unpaired) electrons. The highest BCUT2D eigenvalue weighted by Crippen LogP contribution is 2.58. The molecule has 2 bridgehead atoms. The van der Waals surface area contributed by atoms with E-state index in [1.807, 2.05) is 6.07 Å². The zero-order valence-corrected chi connectivity index (χ0v) is 21.3. The quantitative estimate of drug-likeness (QED) is 0.461. The Morgan fingerprint density at radius 3 is 2.67 bits per heavy atom. The number of rotatable bonds is 5. The summed E-state index contributed by atoms with van der Waals surface area (Å²) in [5, 5.41) is 29.2. The van der Waals surface area contributed by atoms with Gasteiger partial charge in [-0.1, -0.05) is 26.3 Å². The molecule has 3 aliphatic carbocycles. The number of aromatic nitrogens is 4. The Bertz CT molecular complexity index is 1330. The lowest BCUT2D eigenvalue weighted by Gasteiger charge is -2.56. The second-order valence-electron chi connectivity index (χ2n) is 11.3.